The normalized spacial score (nSPS) is 32.5. The highest BCUT2D eigenvalue weighted by molar-refractivity contribution is 6.32. The minimum Gasteiger partial charge on any atom is -0.492 e. The molecule has 0 amide bonds. The number of rotatable bonds is 3. The first-order valence-corrected chi connectivity index (χ1v) is 5.82. The Kier molecular flexibility index (Phi) is 2.33. The molecule has 1 aliphatic carbocycles. The van der Waals surface area contributed by atoms with Gasteiger partial charge < -0.3 is 10.1 Å². The molecule has 1 saturated heterocycles. The molecule has 1 saturated carbocycles. The molecule has 3 heteroatoms. The standard InChI is InChI=1S/C12H14ClNO/c13-11-3-1-2-4-12(11)15-7-10-8-5-14-6-9(8)10/h1-4,8-10,14H,5-7H2. The molecule has 3 rings (SSSR count). The summed E-state index contributed by atoms with van der Waals surface area (Å²) in [6, 6.07) is 7.67. The molecule has 1 aromatic carbocycles. The fourth-order valence-electron chi connectivity index (χ4n) is 2.54. The number of halogens is 1. The molecular weight excluding hydrogens is 210 g/mol. The average Bonchev–Trinajstić information content (AvgIpc) is 2.71. The highest BCUT2D eigenvalue weighted by Crippen LogP contribution is 2.48. The molecule has 1 heterocycles. The van der Waals surface area contributed by atoms with Crippen molar-refractivity contribution < 1.29 is 4.74 Å². The minimum atomic E-state index is 0.710. The quantitative estimate of drug-likeness (QED) is 0.848. The molecule has 0 radical (unpaired) electrons. The number of ether oxygens (including phenoxy) is 1. The molecule has 2 fully saturated rings. The summed E-state index contributed by atoms with van der Waals surface area (Å²) in [6.45, 7) is 3.16. The molecule has 15 heavy (non-hydrogen) atoms. The Labute approximate surface area is 94.6 Å². The summed E-state index contributed by atoms with van der Waals surface area (Å²) < 4.78 is 5.74. The lowest BCUT2D eigenvalue weighted by molar-refractivity contribution is 0.281. The van der Waals surface area contributed by atoms with Crippen LogP contribution in [-0.2, 0) is 0 Å². The monoisotopic (exact) mass is 223 g/mol. The van der Waals surface area contributed by atoms with Gasteiger partial charge in [0.15, 0.2) is 0 Å². The van der Waals surface area contributed by atoms with Gasteiger partial charge in [-0.25, -0.2) is 0 Å². The van der Waals surface area contributed by atoms with Crippen LogP contribution in [0.1, 0.15) is 0 Å². The minimum absolute atomic E-state index is 0.710. The predicted molar refractivity (Wildman–Crippen MR) is 60.3 cm³/mol. The molecule has 0 spiro atoms. The smallest absolute Gasteiger partial charge is 0.137 e. The van der Waals surface area contributed by atoms with E-state index in [4.69, 9.17) is 16.3 Å². The van der Waals surface area contributed by atoms with Gasteiger partial charge in [-0.2, -0.15) is 0 Å². The van der Waals surface area contributed by atoms with Crippen molar-refractivity contribution in [2.45, 2.75) is 0 Å². The lowest BCUT2D eigenvalue weighted by Gasteiger charge is -2.08. The highest BCUT2D eigenvalue weighted by atomic mass is 35.5. The molecule has 1 aliphatic heterocycles. The molecule has 1 aromatic rings. The van der Waals surface area contributed by atoms with Gasteiger partial charge in [0.1, 0.15) is 5.75 Å². The van der Waals surface area contributed by atoms with Gasteiger partial charge in [-0.15, -0.1) is 0 Å². The summed E-state index contributed by atoms with van der Waals surface area (Å²) in [5, 5.41) is 4.09. The van der Waals surface area contributed by atoms with Crippen LogP contribution in [-0.4, -0.2) is 19.7 Å². The van der Waals surface area contributed by atoms with Crippen LogP contribution in [0.15, 0.2) is 24.3 Å². The topological polar surface area (TPSA) is 21.3 Å². The van der Waals surface area contributed by atoms with Crippen LogP contribution in [0.3, 0.4) is 0 Å². The lowest BCUT2D eigenvalue weighted by atomic mass is 10.3. The Morgan fingerprint density at radius 1 is 1.27 bits per heavy atom. The first-order chi connectivity index (χ1) is 7.36. The average molecular weight is 224 g/mol. The van der Waals surface area contributed by atoms with E-state index in [0.717, 1.165) is 30.1 Å². The van der Waals surface area contributed by atoms with Crippen molar-refractivity contribution in [1.29, 1.82) is 0 Å². The van der Waals surface area contributed by atoms with Crippen LogP contribution in [0, 0.1) is 17.8 Å². The summed E-state index contributed by atoms with van der Waals surface area (Å²) in [6.07, 6.45) is 0. The zero-order valence-electron chi connectivity index (χ0n) is 8.45. The second kappa shape index (κ2) is 3.69. The third-order valence-corrected chi connectivity index (χ3v) is 3.85. The lowest BCUT2D eigenvalue weighted by Crippen LogP contribution is -2.17. The number of piperidine rings is 1. The van der Waals surface area contributed by atoms with Gasteiger partial charge in [-0.3, -0.25) is 0 Å². The van der Waals surface area contributed by atoms with E-state index < -0.39 is 0 Å². The molecule has 2 atom stereocenters. The summed E-state index contributed by atoms with van der Waals surface area (Å²) in [5.41, 5.74) is 0. The first kappa shape index (κ1) is 9.49. The maximum atomic E-state index is 6.01. The molecule has 80 valence electrons. The molecule has 2 aliphatic rings. The van der Waals surface area contributed by atoms with Gasteiger partial charge in [0.05, 0.1) is 11.6 Å². The van der Waals surface area contributed by atoms with E-state index in [1.165, 1.54) is 13.1 Å². The number of para-hydroxylation sites is 1. The van der Waals surface area contributed by atoms with Crippen LogP contribution in [0.5, 0.6) is 5.75 Å². The molecule has 2 nitrogen and oxygen atoms in total. The van der Waals surface area contributed by atoms with Crippen molar-refractivity contribution in [2.75, 3.05) is 19.7 Å². The molecule has 0 aromatic heterocycles. The number of hydrogen-bond donors (Lipinski definition) is 1. The number of fused-ring (bicyclic) bond motifs is 1. The maximum Gasteiger partial charge on any atom is 0.137 e. The van der Waals surface area contributed by atoms with Crippen LogP contribution in [0.2, 0.25) is 5.02 Å². The second-order valence-corrected chi connectivity index (χ2v) is 4.80. The van der Waals surface area contributed by atoms with Crippen LogP contribution >= 0.6 is 11.6 Å². The predicted octanol–water partition coefficient (Wildman–Crippen LogP) is 2.18. The number of hydrogen-bond acceptors (Lipinski definition) is 2. The van der Waals surface area contributed by atoms with Crippen molar-refractivity contribution in [3.8, 4) is 5.75 Å². The van der Waals surface area contributed by atoms with Crippen LogP contribution in [0.4, 0.5) is 0 Å². The van der Waals surface area contributed by atoms with E-state index in [1.807, 2.05) is 24.3 Å². The summed E-state index contributed by atoms with van der Waals surface area (Å²) in [7, 11) is 0. The van der Waals surface area contributed by atoms with Gasteiger partial charge >= 0.3 is 0 Å². The number of nitrogens with one attached hydrogen (secondary N) is 1. The number of benzene rings is 1. The first-order valence-electron chi connectivity index (χ1n) is 5.44. The van der Waals surface area contributed by atoms with Gasteiger partial charge in [0.25, 0.3) is 0 Å². The maximum absolute atomic E-state index is 6.01. The molecule has 0 bridgehead atoms. The molecular formula is C12H14ClNO. The van der Waals surface area contributed by atoms with Gasteiger partial charge in [-0.05, 0) is 37.1 Å². The Balaban J connectivity index is 1.57. The van der Waals surface area contributed by atoms with Gasteiger partial charge in [-0.1, -0.05) is 23.7 Å². The van der Waals surface area contributed by atoms with Crippen molar-refractivity contribution in [3.05, 3.63) is 29.3 Å². The van der Waals surface area contributed by atoms with E-state index in [-0.39, 0.29) is 0 Å². The summed E-state index contributed by atoms with van der Waals surface area (Å²) in [5.74, 6) is 3.28. The largest absolute Gasteiger partial charge is 0.492 e. The fourth-order valence-corrected chi connectivity index (χ4v) is 2.73. The summed E-state index contributed by atoms with van der Waals surface area (Å²) in [4.78, 5) is 0. The van der Waals surface area contributed by atoms with Crippen LogP contribution < -0.4 is 10.1 Å². The zero-order valence-corrected chi connectivity index (χ0v) is 9.20. The Hall–Kier alpha value is -0.730. The Morgan fingerprint density at radius 2 is 2.00 bits per heavy atom. The van der Waals surface area contributed by atoms with E-state index in [2.05, 4.69) is 5.32 Å². The zero-order chi connectivity index (χ0) is 10.3. The SMILES string of the molecule is Clc1ccccc1OCC1C2CNCC21. The van der Waals surface area contributed by atoms with Crippen molar-refractivity contribution in [1.82, 2.24) is 5.32 Å². The molecule has 1 N–H and O–H groups in total. The third-order valence-electron chi connectivity index (χ3n) is 3.54. The molecule has 2 unspecified atom stereocenters. The van der Waals surface area contributed by atoms with Crippen LogP contribution in [0.25, 0.3) is 0 Å². The van der Waals surface area contributed by atoms with Crippen molar-refractivity contribution in [3.63, 3.8) is 0 Å². The Bertz CT molecular complexity index is 358. The third kappa shape index (κ3) is 1.72. The van der Waals surface area contributed by atoms with Crippen molar-refractivity contribution in [2.24, 2.45) is 17.8 Å². The van der Waals surface area contributed by atoms with E-state index in [0.29, 0.717) is 5.02 Å². The second-order valence-electron chi connectivity index (χ2n) is 4.39. The van der Waals surface area contributed by atoms with Gasteiger partial charge in [0.2, 0.25) is 0 Å². The van der Waals surface area contributed by atoms with E-state index in [9.17, 15) is 0 Å². The highest BCUT2D eigenvalue weighted by Gasteiger charge is 2.52. The fraction of sp³-hybridized carbons (Fsp3) is 0.500. The van der Waals surface area contributed by atoms with Gasteiger partial charge in [0, 0.05) is 5.92 Å². The summed E-state index contributed by atoms with van der Waals surface area (Å²) >= 11 is 6.01. The van der Waals surface area contributed by atoms with E-state index >= 15 is 0 Å². The Morgan fingerprint density at radius 3 is 2.73 bits per heavy atom. The van der Waals surface area contributed by atoms with E-state index in [1.54, 1.807) is 0 Å². The van der Waals surface area contributed by atoms with Crippen molar-refractivity contribution >= 4 is 11.6 Å².